The van der Waals surface area contributed by atoms with E-state index in [1.807, 2.05) is 11.8 Å². The summed E-state index contributed by atoms with van der Waals surface area (Å²) in [4.78, 5) is 23.9. The molecule has 122 valence electrons. The summed E-state index contributed by atoms with van der Waals surface area (Å²) in [5, 5.41) is 22.4. The Hall–Kier alpha value is -1.70. The number of halogens is 1. The molecular formula is C14H20ClN3O4. The third-order valence-electron chi connectivity index (χ3n) is 3.05. The molecule has 0 aliphatic rings. The fourth-order valence-electron chi connectivity index (χ4n) is 1.90. The Kier molecular flexibility index (Phi) is 7.79. The van der Waals surface area contributed by atoms with Crippen LogP contribution in [0.1, 0.15) is 19.8 Å². The lowest BCUT2D eigenvalue weighted by molar-refractivity contribution is -0.384. The Morgan fingerprint density at radius 2 is 2.18 bits per heavy atom. The number of carbonyl (C=O) groups is 1. The largest absolute Gasteiger partial charge is 0.395 e. The molecule has 0 atom stereocenters. The average Bonchev–Trinajstić information content (AvgIpc) is 2.46. The van der Waals surface area contributed by atoms with Crippen LogP contribution in [0.4, 0.5) is 11.4 Å². The molecule has 0 aliphatic heterocycles. The predicted molar refractivity (Wildman–Crippen MR) is 85.2 cm³/mol. The van der Waals surface area contributed by atoms with Crippen LogP contribution in [-0.2, 0) is 4.79 Å². The number of carbonyl (C=O) groups excluding carboxylic acids is 1. The van der Waals surface area contributed by atoms with Crippen LogP contribution in [-0.4, -0.2) is 47.1 Å². The molecule has 0 saturated carbocycles. The van der Waals surface area contributed by atoms with Gasteiger partial charge in [-0.3, -0.25) is 19.8 Å². The number of nitro groups is 1. The summed E-state index contributed by atoms with van der Waals surface area (Å²) in [5.41, 5.74) is 0.199. The molecular weight excluding hydrogens is 310 g/mol. The molecule has 22 heavy (non-hydrogen) atoms. The molecule has 0 aliphatic carbocycles. The Labute approximate surface area is 134 Å². The van der Waals surface area contributed by atoms with Gasteiger partial charge in [-0.25, -0.2) is 0 Å². The Balaban J connectivity index is 2.65. The first-order valence-electron chi connectivity index (χ1n) is 7.05. The van der Waals surface area contributed by atoms with E-state index in [4.69, 9.17) is 16.7 Å². The van der Waals surface area contributed by atoms with Gasteiger partial charge in [0.05, 0.1) is 28.8 Å². The fraction of sp³-hybridized carbons (Fsp3) is 0.500. The number of amides is 1. The number of nitrogens with zero attached hydrogens (tertiary/aromatic N) is 2. The summed E-state index contributed by atoms with van der Waals surface area (Å²) in [5.74, 6) is -0.277. The van der Waals surface area contributed by atoms with E-state index in [1.165, 1.54) is 18.2 Å². The second-order valence-electron chi connectivity index (χ2n) is 4.82. The summed E-state index contributed by atoms with van der Waals surface area (Å²) in [6.45, 7) is 3.30. The van der Waals surface area contributed by atoms with Crippen molar-refractivity contribution in [3.63, 3.8) is 0 Å². The molecule has 0 heterocycles. The Morgan fingerprint density at radius 1 is 1.45 bits per heavy atom. The smallest absolute Gasteiger partial charge is 0.271 e. The normalized spacial score (nSPS) is 10.7. The van der Waals surface area contributed by atoms with E-state index in [2.05, 4.69) is 5.32 Å². The Morgan fingerprint density at radius 3 is 2.73 bits per heavy atom. The number of hydrogen-bond acceptors (Lipinski definition) is 5. The van der Waals surface area contributed by atoms with E-state index in [0.717, 1.165) is 19.4 Å². The summed E-state index contributed by atoms with van der Waals surface area (Å²) >= 11 is 5.93. The van der Waals surface area contributed by atoms with Gasteiger partial charge in [0, 0.05) is 18.7 Å². The highest BCUT2D eigenvalue weighted by molar-refractivity contribution is 6.34. The number of aliphatic hydroxyl groups is 1. The second-order valence-corrected chi connectivity index (χ2v) is 5.23. The number of aliphatic hydroxyl groups excluding tert-OH is 1. The highest BCUT2D eigenvalue weighted by Gasteiger charge is 2.14. The minimum atomic E-state index is -0.550. The van der Waals surface area contributed by atoms with Gasteiger partial charge in [0.1, 0.15) is 0 Å². The average molecular weight is 330 g/mol. The summed E-state index contributed by atoms with van der Waals surface area (Å²) in [6.07, 6.45) is 1.93. The van der Waals surface area contributed by atoms with Crippen molar-refractivity contribution in [2.75, 3.05) is 31.6 Å². The minimum absolute atomic E-state index is 0.0186. The monoisotopic (exact) mass is 329 g/mol. The predicted octanol–water partition coefficient (Wildman–Crippen LogP) is 2.28. The van der Waals surface area contributed by atoms with Crippen molar-refractivity contribution >= 4 is 28.9 Å². The lowest BCUT2D eigenvalue weighted by Gasteiger charge is -2.20. The molecule has 1 rings (SSSR count). The summed E-state index contributed by atoms with van der Waals surface area (Å²) in [6, 6.07) is 3.88. The van der Waals surface area contributed by atoms with Crippen LogP contribution in [0.25, 0.3) is 0 Å². The number of rotatable bonds is 9. The topological polar surface area (TPSA) is 95.7 Å². The molecule has 0 saturated heterocycles. The summed E-state index contributed by atoms with van der Waals surface area (Å²) < 4.78 is 0. The van der Waals surface area contributed by atoms with Crippen LogP contribution in [0.5, 0.6) is 0 Å². The van der Waals surface area contributed by atoms with Gasteiger partial charge in [-0.15, -0.1) is 0 Å². The van der Waals surface area contributed by atoms with Gasteiger partial charge in [0.2, 0.25) is 5.91 Å². The van der Waals surface area contributed by atoms with E-state index in [-0.39, 0.29) is 29.8 Å². The van der Waals surface area contributed by atoms with E-state index in [0.29, 0.717) is 12.2 Å². The first kappa shape index (κ1) is 18.3. The highest BCUT2D eigenvalue weighted by Crippen LogP contribution is 2.26. The molecule has 0 bridgehead atoms. The molecule has 1 aromatic rings. The second kappa shape index (κ2) is 9.34. The van der Waals surface area contributed by atoms with Crippen LogP contribution in [0, 0.1) is 10.1 Å². The summed E-state index contributed by atoms with van der Waals surface area (Å²) in [7, 11) is 0. The molecule has 0 aromatic heterocycles. The molecule has 0 spiro atoms. The van der Waals surface area contributed by atoms with E-state index < -0.39 is 4.92 Å². The molecule has 8 heteroatoms. The van der Waals surface area contributed by atoms with Crippen molar-refractivity contribution in [3.8, 4) is 0 Å². The zero-order valence-electron chi connectivity index (χ0n) is 12.4. The SMILES string of the molecule is CCCCN(CCO)CC(=O)Nc1ccc([N+](=O)[O-])cc1Cl. The molecule has 2 N–H and O–H groups in total. The van der Waals surface area contributed by atoms with Crippen molar-refractivity contribution in [1.29, 1.82) is 0 Å². The van der Waals surface area contributed by atoms with E-state index >= 15 is 0 Å². The van der Waals surface area contributed by atoms with Crippen molar-refractivity contribution in [3.05, 3.63) is 33.3 Å². The zero-order valence-corrected chi connectivity index (χ0v) is 13.2. The number of non-ortho nitro benzene ring substituents is 1. The van der Waals surface area contributed by atoms with Gasteiger partial charge in [-0.2, -0.15) is 0 Å². The van der Waals surface area contributed by atoms with Crippen LogP contribution in [0.3, 0.4) is 0 Å². The molecule has 1 aromatic carbocycles. The number of anilines is 1. The molecule has 7 nitrogen and oxygen atoms in total. The number of nitro benzene ring substituents is 1. The third-order valence-corrected chi connectivity index (χ3v) is 3.36. The van der Waals surface area contributed by atoms with E-state index in [1.54, 1.807) is 0 Å². The maximum atomic E-state index is 12.0. The zero-order chi connectivity index (χ0) is 16.5. The number of nitrogens with one attached hydrogen (secondary N) is 1. The highest BCUT2D eigenvalue weighted by atomic mass is 35.5. The first-order valence-corrected chi connectivity index (χ1v) is 7.42. The number of benzene rings is 1. The van der Waals surface area contributed by atoms with Crippen molar-refractivity contribution < 1.29 is 14.8 Å². The van der Waals surface area contributed by atoms with Crippen LogP contribution >= 0.6 is 11.6 Å². The lowest BCUT2D eigenvalue weighted by atomic mass is 10.2. The van der Waals surface area contributed by atoms with Crippen LogP contribution < -0.4 is 5.32 Å². The van der Waals surface area contributed by atoms with Gasteiger partial charge < -0.3 is 10.4 Å². The van der Waals surface area contributed by atoms with E-state index in [9.17, 15) is 14.9 Å². The van der Waals surface area contributed by atoms with Crippen LogP contribution in [0.2, 0.25) is 5.02 Å². The van der Waals surface area contributed by atoms with Gasteiger partial charge >= 0.3 is 0 Å². The fourth-order valence-corrected chi connectivity index (χ4v) is 2.13. The molecule has 0 radical (unpaired) electrons. The third kappa shape index (κ3) is 5.97. The minimum Gasteiger partial charge on any atom is -0.395 e. The molecule has 0 unspecified atom stereocenters. The molecule has 1 amide bonds. The standard InChI is InChI=1S/C14H20ClN3O4/c1-2-3-6-17(7-8-19)10-14(20)16-13-5-4-11(18(21)22)9-12(13)15/h4-5,9,19H,2-3,6-8,10H2,1H3,(H,16,20). The number of unbranched alkanes of at least 4 members (excludes halogenated alkanes) is 1. The first-order chi connectivity index (χ1) is 10.5. The maximum absolute atomic E-state index is 12.0. The van der Waals surface area contributed by atoms with Gasteiger partial charge in [0.25, 0.3) is 5.69 Å². The quantitative estimate of drug-likeness (QED) is 0.535. The maximum Gasteiger partial charge on any atom is 0.271 e. The van der Waals surface area contributed by atoms with Gasteiger partial charge in [-0.05, 0) is 19.0 Å². The van der Waals surface area contributed by atoms with Crippen molar-refractivity contribution in [2.24, 2.45) is 0 Å². The number of hydrogen-bond donors (Lipinski definition) is 2. The van der Waals surface area contributed by atoms with Gasteiger partial charge in [0.15, 0.2) is 0 Å². The lowest BCUT2D eigenvalue weighted by Crippen LogP contribution is -2.36. The van der Waals surface area contributed by atoms with Crippen LogP contribution in [0.15, 0.2) is 18.2 Å². The Bertz CT molecular complexity index is 525. The molecule has 0 fully saturated rings. The van der Waals surface area contributed by atoms with Crippen molar-refractivity contribution in [2.45, 2.75) is 19.8 Å². The van der Waals surface area contributed by atoms with Gasteiger partial charge in [-0.1, -0.05) is 24.9 Å². The van der Waals surface area contributed by atoms with Crippen molar-refractivity contribution in [1.82, 2.24) is 4.90 Å².